The molecule has 0 heterocycles. The van der Waals surface area contributed by atoms with Crippen LogP contribution in [-0.4, -0.2) is 37.6 Å². The van der Waals surface area contributed by atoms with Gasteiger partial charge in [-0.25, -0.2) is 0 Å². The summed E-state index contributed by atoms with van der Waals surface area (Å²) in [6, 6.07) is 7.53. The Balaban J connectivity index is 2.67. The van der Waals surface area contributed by atoms with Gasteiger partial charge in [0.25, 0.3) is 0 Å². The Hall–Kier alpha value is -1.55. The van der Waals surface area contributed by atoms with Crippen LogP contribution in [0.15, 0.2) is 24.3 Å². The second-order valence-corrected chi connectivity index (χ2v) is 4.24. The monoisotopic (exact) mass is 236 g/mol. The molecule has 0 saturated heterocycles. The highest BCUT2D eigenvalue weighted by molar-refractivity contribution is 5.79. The highest BCUT2D eigenvalue weighted by Gasteiger charge is 2.13. The molecular weight excluding hydrogens is 216 g/mol. The number of para-hydroxylation sites is 1. The lowest BCUT2D eigenvalue weighted by molar-refractivity contribution is -0.129. The number of nitrogens with zero attached hydrogens (tertiary/aromatic N) is 1. The Morgan fingerprint density at radius 1 is 1.47 bits per heavy atom. The quantitative estimate of drug-likeness (QED) is 0.831. The van der Waals surface area contributed by atoms with Gasteiger partial charge >= 0.3 is 0 Å². The summed E-state index contributed by atoms with van der Waals surface area (Å²) in [4.78, 5) is 13.6. The van der Waals surface area contributed by atoms with Crippen molar-refractivity contribution < 1.29 is 9.53 Å². The Morgan fingerprint density at radius 3 is 2.71 bits per heavy atom. The van der Waals surface area contributed by atoms with Crippen LogP contribution in [0.2, 0.25) is 0 Å². The van der Waals surface area contributed by atoms with Gasteiger partial charge in [-0.15, -0.1) is 0 Å². The Kier molecular flexibility index (Phi) is 4.97. The van der Waals surface area contributed by atoms with Gasteiger partial charge in [-0.3, -0.25) is 4.79 Å². The van der Waals surface area contributed by atoms with Crippen LogP contribution in [0.5, 0.6) is 5.75 Å². The molecule has 0 spiro atoms. The van der Waals surface area contributed by atoms with Crippen LogP contribution in [0.3, 0.4) is 0 Å². The molecule has 1 amide bonds. The van der Waals surface area contributed by atoms with Crippen LogP contribution in [0.1, 0.15) is 12.5 Å². The third kappa shape index (κ3) is 4.07. The van der Waals surface area contributed by atoms with Gasteiger partial charge in [-0.2, -0.15) is 0 Å². The van der Waals surface area contributed by atoms with Gasteiger partial charge in [0.1, 0.15) is 5.75 Å². The summed E-state index contributed by atoms with van der Waals surface area (Å²) < 4.78 is 5.21. The summed E-state index contributed by atoms with van der Waals surface area (Å²) in [6.07, 6.45) is 0.341. The predicted octanol–water partition coefficient (Wildman–Crippen LogP) is 1.04. The third-order valence-corrected chi connectivity index (χ3v) is 2.52. The van der Waals surface area contributed by atoms with Gasteiger partial charge < -0.3 is 15.4 Å². The minimum absolute atomic E-state index is 0.0124. The van der Waals surface area contributed by atoms with Crippen molar-refractivity contribution in [2.75, 3.05) is 20.7 Å². The maximum absolute atomic E-state index is 11.9. The summed E-state index contributed by atoms with van der Waals surface area (Å²) in [5.74, 6) is 0.793. The maximum Gasteiger partial charge on any atom is 0.226 e. The first kappa shape index (κ1) is 13.5. The SMILES string of the molecule is COc1ccccc1CC(=O)N(C)CC(C)N. The second kappa shape index (κ2) is 6.25. The van der Waals surface area contributed by atoms with Gasteiger partial charge in [0, 0.05) is 25.2 Å². The van der Waals surface area contributed by atoms with E-state index in [9.17, 15) is 4.79 Å². The lowest BCUT2D eigenvalue weighted by atomic mass is 10.1. The zero-order valence-electron chi connectivity index (χ0n) is 10.6. The Bertz CT molecular complexity index is 377. The van der Waals surface area contributed by atoms with E-state index < -0.39 is 0 Å². The fourth-order valence-electron chi connectivity index (χ4n) is 1.68. The van der Waals surface area contributed by atoms with Crippen molar-refractivity contribution in [1.29, 1.82) is 0 Å². The number of benzene rings is 1. The first-order valence-corrected chi connectivity index (χ1v) is 5.66. The normalized spacial score (nSPS) is 12.0. The van der Waals surface area contributed by atoms with Crippen LogP contribution in [0.4, 0.5) is 0 Å². The van der Waals surface area contributed by atoms with Crippen molar-refractivity contribution in [3.8, 4) is 5.75 Å². The van der Waals surface area contributed by atoms with Crippen LogP contribution in [0.25, 0.3) is 0 Å². The number of hydrogen-bond acceptors (Lipinski definition) is 3. The molecule has 0 aliphatic carbocycles. The molecule has 4 heteroatoms. The molecule has 1 aromatic carbocycles. The summed E-state index contributed by atoms with van der Waals surface area (Å²) in [6.45, 7) is 2.45. The molecule has 1 unspecified atom stereocenters. The van der Waals surface area contributed by atoms with Crippen molar-refractivity contribution in [3.63, 3.8) is 0 Å². The molecule has 0 aliphatic rings. The highest BCUT2D eigenvalue weighted by atomic mass is 16.5. The van der Waals surface area contributed by atoms with Crippen LogP contribution in [0, 0.1) is 0 Å². The van der Waals surface area contributed by atoms with E-state index in [-0.39, 0.29) is 11.9 Å². The van der Waals surface area contributed by atoms with E-state index in [4.69, 9.17) is 10.5 Å². The first-order valence-electron chi connectivity index (χ1n) is 5.66. The molecule has 1 aromatic rings. The topological polar surface area (TPSA) is 55.6 Å². The highest BCUT2D eigenvalue weighted by Crippen LogP contribution is 2.18. The lowest BCUT2D eigenvalue weighted by Gasteiger charge is -2.19. The minimum Gasteiger partial charge on any atom is -0.496 e. The number of carbonyl (C=O) groups is 1. The largest absolute Gasteiger partial charge is 0.496 e. The van der Waals surface area contributed by atoms with Crippen molar-refractivity contribution >= 4 is 5.91 Å². The summed E-state index contributed by atoms with van der Waals surface area (Å²) in [5, 5.41) is 0. The first-order chi connectivity index (χ1) is 8.04. The lowest BCUT2D eigenvalue weighted by Crippen LogP contribution is -2.37. The van der Waals surface area contributed by atoms with E-state index in [1.807, 2.05) is 31.2 Å². The average molecular weight is 236 g/mol. The fourth-order valence-corrected chi connectivity index (χ4v) is 1.68. The Labute approximate surface area is 102 Å². The number of nitrogens with two attached hydrogens (primary N) is 1. The molecule has 94 valence electrons. The number of methoxy groups -OCH3 is 1. The summed E-state index contributed by atoms with van der Waals surface area (Å²) >= 11 is 0. The molecule has 0 aromatic heterocycles. The molecule has 17 heavy (non-hydrogen) atoms. The molecule has 1 atom stereocenters. The molecule has 0 fully saturated rings. The smallest absolute Gasteiger partial charge is 0.226 e. The van der Waals surface area contributed by atoms with Gasteiger partial charge in [0.05, 0.1) is 13.5 Å². The van der Waals surface area contributed by atoms with E-state index >= 15 is 0 Å². The molecule has 0 bridgehead atoms. The van der Waals surface area contributed by atoms with Crippen molar-refractivity contribution in [3.05, 3.63) is 29.8 Å². The van der Waals surface area contributed by atoms with E-state index in [1.54, 1.807) is 19.1 Å². The van der Waals surface area contributed by atoms with Crippen LogP contribution >= 0.6 is 0 Å². The van der Waals surface area contributed by atoms with E-state index in [0.29, 0.717) is 13.0 Å². The van der Waals surface area contributed by atoms with E-state index in [2.05, 4.69) is 0 Å². The number of rotatable bonds is 5. The molecular formula is C13H20N2O2. The number of hydrogen-bond donors (Lipinski definition) is 1. The molecule has 0 radical (unpaired) electrons. The molecule has 4 nitrogen and oxygen atoms in total. The minimum atomic E-state index is -0.0124. The number of carbonyl (C=O) groups excluding carboxylic acids is 1. The van der Waals surface area contributed by atoms with Crippen LogP contribution < -0.4 is 10.5 Å². The van der Waals surface area contributed by atoms with Gasteiger partial charge in [0.15, 0.2) is 0 Å². The predicted molar refractivity (Wildman–Crippen MR) is 68.0 cm³/mol. The number of ether oxygens (including phenoxy) is 1. The zero-order valence-corrected chi connectivity index (χ0v) is 10.6. The van der Waals surface area contributed by atoms with Gasteiger partial charge in [0.2, 0.25) is 5.91 Å². The average Bonchev–Trinajstić information content (AvgIpc) is 2.28. The standard InChI is InChI=1S/C13H20N2O2/c1-10(14)9-15(2)13(16)8-11-6-4-5-7-12(11)17-3/h4-7,10H,8-9,14H2,1-3H3. The number of amides is 1. The Morgan fingerprint density at radius 2 is 2.12 bits per heavy atom. The van der Waals surface area contributed by atoms with E-state index in [0.717, 1.165) is 11.3 Å². The fraction of sp³-hybridized carbons (Fsp3) is 0.462. The molecule has 2 N–H and O–H groups in total. The zero-order chi connectivity index (χ0) is 12.8. The van der Waals surface area contributed by atoms with Crippen LogP contribution in [-0.2, 0) is 11.2 Å². The molecule has 0 aliphatic heterocycles. The van der Waals surface area contributed by atoms with Gasteiger partial charge in [-0.1, -0.05) is 18.2 Å². The van der Waals surface area contributed by atoms with Crippen molar-refractivity contribution in [1.82, 2.24) is 4.90 Å². The van der Waals surface area contributed by atoms with Crippen molar-refractivity contribution in [2.45, 2.75) is 19.4 Å². The number of likely N-dealkylation sites (N-methyl/N-ethyl adjacent to an activating group) is 1. The second-order valence-electron chi connectivity index (χ2n) is 4.24. The molecule has 1 rings (SSSR count). The third-order valence-electron chi connectivity index (χ3n) is 2.52. The molecule has 0 saturated carbocycles. The summed E-state index contributed by atoms with van der Waals surface area (Å²) in [5.41, 5.74) is 6.56. The van der Waals surface area contributed by atoms with Gasteiger partial charge in [-0.05, 0) is 13.0 Å². The van der Waals surface area contributed by atoms with Crippen molar-refractivity contribution in [2.24, 2.45) is 5.73 Å². The van der Waals surface area contributed by atoms with E-state index in [1.165, 1.54) is 0 Å². The summed E-state index contributed by atoms with van der Waals surface area (Å²) in [7, 11) is 3.37. The maximum atomic E-state index is 11.9.